The van der Waals surface area contributed by atoms with Crippen molar-refractivity contribution < 1.29 is 22.7 Å². The van der Waals surface area contributed by atoms with Crippen molar-refractivity contribution in [2.45, 2.75) is 23.6 Å². The smallest absolute Gasteiger partial charge is 0.308 e. The number of carbonyl (C=O) groups is 2. The van der Waals surface area contributed by atoms with Crippen LogP contribution in [0.15, 0.2) is 76.3 Å². The summed E-state index contributed by atoms with van der Waals surface area (Å²) in [5.74, 6) is -0.857. The number of nitrogens with one attached hydrogen (secondary N) is 2. The molecule has 31 heavy (non-hydrogen) atoms. The maximum Gasteiger partial charge on any atom is 0.308 e. The number of rotatable bonds is 9. The molecule has 1 aromatic heterocycles. The molecule has 1 atom stereocenters. The van der Waals surface area contributed by atoms with Gasteiger partial charge in [0.2, 0.25) is 0 Å². The molecule has 0 aliphatic carbocycles. The Bertz CT molecular complexity index is 1130. The molecule has 0 saturated carbocycles. The Morgan fingerprint density at radius 2 is 1.81 bits per heavy atom. The van der Waals surface area contributed by atoms with E-state index in [4.69, 9.17) is 4.74 Å². The van der Waals surface area contributed by atoms with E-state index >= 15 is 0 Å². The highest BCUT2D eigenvalue weighted by molar-refractivity contribution is 7.94. The number of hydrogen-bond donors (Lipinski definition) is 2. The van der Waals surface area contributed by atoms with Crippen LogP contribution in [0, 0.1) is 0 Å². The molecule has 2 aromatic carbocycles. The van der Waals surface area contributed by atoms with Crippen LogP contribution in [-0.4, -0.2) is 26.9 Å². The minimum Gasteiger partial charge on any atom is -0.466 e. The number of sulfonamides is 1. The van der Waals surface area contributed by atoms with Crippen molar-refractivity contribution in [2.24, 2.45) is 0 Å². The van der Waals surface area contributed by atoms with Crippen LogP contribution in [-0.2, 0) is 19.6 Å². The highest BCUT2D eigenvalue weighted by atomic mass is 32.2. The first kappa shape index (κ1) is 22.5. The van der Waals surface area contributed by atoms with Gasteiger partial charge in [0.25, 0.3) is 15.9 Å². The van der Waals surface area contributed by atoms with Crippen molar-refractivity contribution in [3.05, 3.63) is 83.2 Å². The van der Waals surface area contributed by atoms with E-state index in [1.165, 1.54) is 12.1 Å². The molecule has 1 amide bonds. The van der Waals surface area contributed by atoms with Gasteiger partial charge in [0.1, 0.15) is 4.21 Å². The quantitative estimate of drug-likeness (QED) is 0.473. The van der Waals surface area contributed by atoms with Crippen LogP contribution in [0.2, 0.25) is 0 Å². The third-order valence-electron chi connectivity index (χ3n) is 4.32. The SMILES string of the molecule is CCOC(=O)CC(NC(=O)c1cccc(NS(=O)(=O)c2cccs2)c1)c1ccccc1. The molecular formula is C22H22N2O5S2. The Labute approximate surface area is 185 Å². The van der Waals surface area contributed by atoms with Gasteiger partial charge in [-0.2, -0.15) is 0 Å². The van der Waals surface area contributed by atoms with Gasteiger partial charge >= 0.3 is 5.97 Å². The maximum absolute atomic E-state index is 12.9. The monoisotopic (exact) mass is 458 g/mol. The van der Waals surface area contributed by atoms with Crippen molar-refractivity contribution in [2.75, 3.05) is 11.3 Å². The van der Waals surface area contributed by atoms with Gasteiger partial charge in [-0.3, -0.25) is 14.3 Å². The summed E-state index contributed by atoms with van der Waals surface area (Å²) in [5, 5.41) is 4.51. The second-order valence-corrected chi connectivity index (χ2v) is 9.42. The standard InChI is InChI=1S/C22H22N2O5S2/c1-2-29-20(25)15-19(16-8-4-3-5-9-16)23-22(26)17-10-6-11-18(14-17)24-31(27,28)21-12-7-13-30-21/h3-14,19,24H,2,15H2,1H3,(H,23,26). The minimum atomic E-state index is -3.73. The topological polar surface area (TPSA) is 102 Å². The van der Waals surface area contributed by atoms with E-state index in [1.54, 1.807) is 36.6 Å². The molecule has 2 N–H and O–H groups in total. The summed E-state index contributed by atoms with van der Waals surface area (Å²) in [7, 11) is -3.73. The number of anilines is 1. The van der Waals surface area contributed by atoms with Crippen LogP contribution in [0.1, 0.15) is 35.3 Å². The molecule has 162 valence electrons. The van der Waals surface area contributed by atoms with Gasteiger partial charge in [-0.25, -0.2) is 8.42 Å². The van der Waals surface area contributed by atoms with Crippen molar-refractivity contribution in [3.63, 3.8) is 0 Å². The number of hydrogen-bond acceptors (Lipinski definition) is 6. The molecule has 0 fully saturated rings. The lowest BCUT2D eigenvalue weighted by Crippen LogP contribution is -2.30. The predicted octanol–water partition coefficient (Wildman–Crippen LogP) is 3.97. The molecule has 0 saturated heterocycles. The van der Waals surface area contributed by atoms with Gasteiger partial charge < -0.3 is 10.1 Å². The minimum absolute atomic E-state index is 0.0196. The van der Waals surface area contributed by atoms with Crippen molar-refractivity contribution in [3.8, 4) is 0 Å². The zero-order valence-corrected chi connectivity index (χ0v) is 18.4. The average Bonchev–Trinajstić information content (AvgIpc) is 3.30. The van der Waals surface area contributed by atoms with E-state index in [9.17, 15) is 18.0 Å². The van der Waals surface area contributed by atoms with Crippen LogP contribution < -0.4 is 10.0 Å². The summed E-state index contributed by atoms with van der Waals surface area (Å²) >= 11 is 1.10. The molecule has 0 spiro atoms. The number of carbonyl (C=O) groups excluding carboxylic acids is 2. The lowest BCUT2D eigenvalue weighted by molar-refractivity contribution is -0.143. The molecule has 0 radical (unpaired) electrons. The first-order valence-electron chi connectivity index (χ1n) is 9.57. The third kappa shape index (κ3) is 6.16. The number of esters is 1. The van der Waals surface area contributed by atoms with Crippen LogP contribution in [0.25, 0.3) is 0 Å². The van der Waals surface area contributed by atoms with E-state index in [0.717, 1.165) is 16.9 Å². The van der Waals surface area contributed by atoms with Gasteiger partial charge in [0.05, 0.1) is 19.1 Å². The van der Waals surface area contributed by atoms with E-state index in [0.29, 0.717) is 0 Å². The summed E-state index contributed by atoms with van der Waals surface area (Å²) in [4.78, 5) is 24.9. The molecule has 1 unspecified atom stereocenters. The molecular weight excluding hydrogens is 436 g/mol. The first-order valence-corrected chi connectivity index (χ1v) is 11.9. The number of benzene rings is 2. The highest BCUT2D eigenvalue weighted by Gasteiger charge is 2.21. The van der Waals surface area contributed by atoms with Crippen LogP contribution in [0.5, 0.6) is 0 Å². The second kappa shape index (κ2) is 10.2. The summed E-state index contributed by atoms with van der Waals surface area (Å²) in [5.41, 5.74) is 1.29. The zero-order chi connectivity index (χ0) is 22.3. The van der Waals surface area contributed by atoms with Gasteiger partial charge in [-0.1, -0.05) is 42.5 Å². The summed E-state index contributed by atoms with van der Waals surface area (Å²) < 4.78 is 32.6. The third-order valence-corrected chi connectivity index (χ3v) is 7.10. The average molecular weight is 459 g/mol. The number of amides is 1. The fraction of sp³-hybridized carbons (Fsp3) is 0.182. The van der Waals surface area contributed by atoms with Crippen LogP contribution >= 0.6 is 11.3 Å². The lowest BCUT2D eigenvalue weighted by Gasteiger charge is -2.19. The number of ether oxygens (including phenoxy) is 1. The molecule has 7 nitrogen and oxygen atoms in total. The Morgan fingerprint density at radius 1 is 1.03 bits per heavy atom. The Kier molecular flexibility index (Phi) is 7.43. The molecule has 0 aliphatic rings. The fourth-order valence-electron chi connectivity index (χ4n) is 2.91. The Balaban J connectivity index is 1.77. The largest absolute Gasteiger partial charge is 0.466 e. The molecule has 0 bridgehead atoms. The first-order chi connectivity index (χ1) is 14.9. The van der Waals surface area contributed by atoms with Crippen molar-refractivity contribution in [1.82, 2.24) is 5.32 Å². The van der Waals surface area contributed by atoms with Gasteiger partial charge in [0.15, 0.2) is 0 Å². The van der Waals surface area contributed by atoms with E-state index in [-0.39, 0.29) is 28.5 Å². The Morgan fingerprint density at radius 3 is 2.48 bits per heavy atom. The van der Waals surface area contributed by atoms with Crippen LogP contribution in [0.4, 0.5) is 5.69 Å². The zero-order valence-electron chi connectivity index (χ0n) is 16.8. The lowest BCUT2D eigenvalue weighted by atomic mass is 10.0. The van der Waals surface area contributed by atoms with Crippen molar-refractivity contribution >= 4 is 38.9 Å². The number of thiophene rings is 1. The molecule has 9 heteroatoms. The van der Waals surface area contributed by atoms with Gasteiger partial charge in [-0.15, -0.1) is 11.3 Å². The second-order valence-electron chi connectivity index (χ2n) is 6.56. The van der Waals surface area contributed by atoms with Crippen molar-refractivity contribution in [1.29, 1.82) is 0 Å². The maximum atomic E-state index is 12.9. The summed E-state index contributed by atoms with van der Waals surface area (Å²) in [6.07, 6.45) is -0.0196. The van der Waals surface area contributed by atoms with Gasteiger partial charge in [0, 0.05) is 11.3 Å². The Hall–Kier alpha value is -3.17. The molecule has 3 aromatic rings. The van der Waals surface area contributed by atoms with E-state index in [1.807, 2.05) is 30.3 Å². The molecule has 1 heterocycles. The molecule has 0 aliphatic heterocycles. The summed E-state index contributed by atoms with van der Waals surface area (Å²) in [6.45, 7) is 1.97. The summed E-state index contributed by atoms with van der Waals surface area (Å²) in [6, 6.07) is 17.9. The van der Waals surface area contributed by atoms with E-state index in [2.05, 4.69) is 10.0 Å². The van der Waals surface area contributed by atoms with Gasteiger partial charge in [-0.05, 0) is 42.1 Å². The van der Waals surface area contributed by atoms with E-state index < -0.39 is 27.9 Å². The fourth-order valence-corrected chi connectivity index (χ4v) is 4.95. The normalized spacial score (nSPS) is 12.0. The molecule has 3 rings (SSSR count). The van der Waals surface area contributed by atoms with Crippen LogP contribution in [0.3, 0.4) is 0 Å². The predicted molar refractivity (Wildman–Crippen MR) is 119 cm³/mol. The highest BCUT2D eigenvalue weighted by Crippen LogP contribution is 2.22.